The number of rotatable bonds is 2. The Morgan fingerprint density at radius 3 is 2.90 bits per heavy atom. The Hall–Kier alpha value is -2.77. The highest BCUT2D eigenvalue weighted by molar-refractivity contribution is 6.01. The smallest absolute Gasteiger partial charge is 0.339 e. The minimum absolute atomic E-state index is 0.0125. The van der Waals surface area contributed by atoms with Gasteiger partial charge in [-0.15, -0.1) is 0 Å². The highest BCUT2D eigenvalue weighted by Crippen LogP contribution is 2.25. The summed E-state index contributed by atoms with van der Waals surface area (Å²) in [7, 11) is 0. The van der Waals surface area contributed by atoms with Crippen molar-refractivity contribution in [3.8, 4) is 0 Å². The maximum atomic E-state index is 11.9. The summed E-state index contributed by atoms with van der Waals surface area (Å²) in [5.74, 6) is -2.36. The van der Waals surface area contributed by atoms with Gasteiger partial charge in [0, 0.05) is 6.42 Å². The largest absolute Gasteiger partial charge is 0.478 e. The molecule has 3 heterocycles. The van der Waals surface area contributed by atoms with Gasteiger partial charge in [-0.3, -0.25) is 14.9 Å². The summed E-state index contributed by atoms with van der Waals surface area (Å²) in [5, 5.41) is 15.3. The van der Waals surface area contributed by atoms with Gasteiger partial charge < -0.3 is 5.11 Å². The van der Waals surface area contributed by atoms with Crippen LogP contribution < -0.4 is 5.32 Å². The van der Waals surface area contributed by atoms with Gasteiger partial charge in [0.05, 0.1) is 11.6 Å². The molecule has 0 aromatic carbocycles. The summed E-state index contributed by atoms with van der Waals surface area (Å²) in [6.07, 6.45) is 1.84. The highest BCUT2D eigenvalue weighted by Gasteiger charge is 2.30. The van der Waals surface area contributed by atoms with Crippen LogP contribution >= 0.6 is 0 Å². The number of hydrogen-bond acceptors (Lipinski definition) is 5. The number of aromatic carboxylic acids is 1. The highest BCUT2D eigenvalue weighted by atomic mass is 16.4. The zero-order valence-electron chi connectivity index (χ0n) is 10.2. The Morgan fingerprint density at radius 2 is 2.20 bits per heavy atom. The molecule has 1 aliphatic rings. The molecule has 8 heteroatoms. The second kappa shape index (κ2) is 4.41. The van der Waals surface area contributed by atoms with E-state index in [1.54, 1.807) is 0 Å². The fourth-order valence-corrected chi connectivity index (χ4v) is 2.33. The second-order valence-corrected chi connectivity index (χ2v) is 4.48. The van der Waals surface area contributed by atoms with Crippen LogP contribution in [0, 0.1) is 0 Å². The van der Waals surface area contributed by atoms with Crippen molar-refractivity contribution in [1.82, 2.24) is 19.9 Å². The number of carboxylic acids is 1. The molecule has 20 heavy (non-hydrogen) atoms. The van der Waals surface area contributed by atoms with Crippen LogP contribution in [-0.2, 0) is 9.59 Å². The number of carbonyl (C=O) groups is 3. The standard InChI is InChI=1S/C12H10N4O4/c17-9-4-2-6(11(18)15-9)8-3-1-7(12(19)20)10-13-5-14-16(8)10/h1,3,5-6H,2,4H2,(H,19,20)(H,15,17,18). The number of amides is 2. The molecule has 3 rings (SSSR count). The minimum Gasteiger partial charge on any atom is -0.478 e. The van der Waals surface area contributed by atoms with E-state index in [0.29, 0.717) is 12.1 Å². The fraction of sp³-hybridized carbons (Fsp3) is 0.250. The van der Waals surface area contributed by atoms with Gasteiger partial charge in [0.25, 0.3) is 0 Å². The number of carboxylic acid groups (broad SMARTS) is 1. The first-order chi connectivity index (χ1) is 9.58. The first kappa shape index (κ1) is 12.3. The summed E-state index contributed by atoms with van der Waals surface area (Å²) in [6.45, 7) is 0. The van der Waals surface area contributed by atoms with E-state index in [1.165, 1.54) is 23.0 Å². The number of fused-ring (bicyclic) bond motifs is 1. The molecule has 0 aliphatic carbocycles. The van der Waals surface area contributed by atoms with Gasteiger partial charge in [0.2, 0.25) is 11.8 Å². The number of nitrogens with one attached hydrogen (secondary N) is 1. The van der Waals surface area contributed by atoms with Gasteiger partial charge in [-0.25, -0.2) is 14.3 Å². The van der Waals surface area contributed by atoms with Crippen molar-refractivity contribution in [3.05, 3.63) is 29.7 Å². The first-order valence-corrected chi connectivity index (χ1v) is 5.97. The topological polar surface area (TPSA) is 114 Å². The number of imide groups is 1. The number of pyridine rings is 1. The van der Waals surface area contributed by atoms with Crippen LogP contribution in [0.1, 0.15) is 34.8 Å². The number of nitrogens with zero attached hydrogens (tertiary/aromatic N) is 3. The summed E-state index contributed by atoms with van der Waals surface area (Å²) >= 11 is 0. The maximum Gasteiger partial charge on any atom is 0.339 e. The summed E-state index contributed by atoms with van der Waals surface area (Å²) in [6, 6.07) is 2.93. The SMILES string of the molecule is O=C1CCC(c2ccc(C(=O)O)c3ncnn23)C(=O)N1. The average molecular weight is 274 g/mol. The third-order valence-electron chi connectivity index (χ3n) is 3.28. The van der Waals surface area contributed by atoms with Gasteiger partial charge in [0.1, 0.15) is 11.9 Å². The molecule has 102 valence electrons. The van der Waals surface area contributed by atoms with Gasteiger partial charge in [0.15, 0.2) is 5.65 Å². The van der Waals surface area contributed by atoms with E-state index in [1.807, 2.05) is 0 Å². The van der Waals surface area contributed by atoms with Crippen molar-refractivity contribution in [3.63, 3.8) is 0 Å². The summed E-state index contributed by atoms with van der Waals surface area (Å²) in [4.78, 5) is 38.1. The Balaban J connectivity index is 2.11. The predicted molar refractivity (Wildman–Crippen MR) is 65.1 cm³/mol. The van der Waals surface area contributed by atoms with E-state index < -0.39 is 17.8 Å². The zero-order valence-corrected chi connectivity index (χ0v) is 10.2. The van der Waals surface area contributed by atoms with Crippen molar-refractivity contribution < 1.29 is 19.5 Å². The maximum absolute atomic E-state index is 11.9. The molecule has 0 radical (unpaired) electrons. The van der Waals surface area contributed by atoms with Crippen LogP contribution in [0.2, 0.25) is 0 Å². The Morgan fingerprint density at radius 1 is 1.40 bits per heavy atom. The molecule has 1 saturated heterocycles. The molecule has 0 bridgehead atoms. The average Bonchev–Trinajstić information content (AvgIpc) is 2.87. The van der Waals surface area contributed by atoms with E-state index >= 15 is 0 Å². The number of piperidine rings is 1. The lowest BCUT2D eigenvalue weighted by atomic mass is 9.94. The van der Waals surface area contributed by atoms with Gasteiger partial charge in [-0.05, 0) is 18.6 Å². The quantitative estimate of drug-likeness (QED) is 0.742. The molecule has 8 nitrogen and oxygen atoms in total. The molecule has 1 unspecified atom stereocenters. The van der Waals surface area contributed by atoms with E-state index in [2.05, 4.69) is 15.4 Å². The van der Waals surface area contributed by atoms with Crippen LogP contribution in [0.3, 0.4) is 0 Å². The molecule has 0 spiro atoms. The lowest BCUT2D eigenvalue weighted by Crippen LogP contribution is -2.40. The Labute approximate surface area is 112 Å². The lowest BCUT2D eigenvalue weighted by Gasteiger charge is -2.21. The summed E-state index contributed by atoms with van der Waals surface area (Å²) in [5.41, 5.74) is 0.714. The molecule has 0 saturated carbocycles. The number of carbonyl (C=O) groups excluding carboxylic acids is 2. The van der Waals surface area contributed by atoms with E-state index in [9.17, 15) is 14.4 Å². The Bertz CT molecular complexity index is 736. The number of aromatic nitrogens is 3. The zero-order chi connectivity index (χ0) is 14.3. The molecule has 2 amide bonds. The van der Waals surface area contributed by atoms with Crippen molar-refractivity contribution in [2.75, 3.05) is 0 Å². The van der Waals surface area contributed by atoms with Gasteiger partial charge in [-0.2, -0.15) is 5.10 Å². The molecular formula is C12H10N4O4. The van der Waals surface area contributed by atoms with Crippen LogP contribution in [0.15, 0.2) is 18.5 Å². The number of hydrogen-bond donors (Lipinski definition) is 2. The van der Waals surface area contributed by atoms with E-state index in [4.69, 9.17) is 5.11 Å². The van der Waals surface area contributed by atoms with Crippen molar-refractivity contribution in [2.45, 2.75) is 18.8 Å². The van der Waals surface area contributed by atoms with Crippen molar-refractivity contribution in [1.29, 1.82) is 0 Å². The molecule has 2 aromatic heterocycles. The van der Waals surface area contributed by atoms with Crippen LogP contribution in [0.5, 0.6) is 0 Å². The molecule has 2 aromatic rings. The van der Waals surface area contributed by atoms with Crippen LogP contribution in [0.4, 0.5) is 0 Å². The van der Waals surface area contributed by atoms with Crippen molar-refractivity contribution >= 4 is 23.4 Å². The monoisotopic (exact) mass is 274 g/mol. The van der Waals surface area contributed by atoms with Gasteiger partial charge >= 0.3 is 5.97 Å². The third kappa shape index (κ3) is 1.81. The Kier molecular flexibility index (Phi) is 2.70. The van der Waals surface area contributed by atoms with E-state index in [-0.39, 0.29) is 23.5 Å². The third-order valence-corrected chi connectivity index (χ3v) is 3.28. The fourth-order valence-electron chi connectivity index (χ4n) is 2.33. The normalized spacial score (nSPS) is 19.1. The molecule has 1 atom stereocenters. The molecular weight excluding hydrogens is 264 g/mol. The predicted octanol–water partition coefficient (Wildman–Crippen LogP) is -0.0523. The summed E-state index contributed by atoms with van der Waals surface area (Å²) < 4.78 is 1.34. The molecule has 1 aliphatic heterocycles. The van der Waals surface area contributed by atoms with Crippen molar-refractivity contribution in [2.24, 2.45) is 0 Å². The minimum atomic E-state index is -1.11. The lowest BCUT2D eigenvalue weighted by molar-refractivity contribution is -0.134. The van der Waals surface area contributed by atoms with E-state index in [0.717, 1.165) is 0 Å². The van der Waals surface area contributed by atoms with Crippen LogP contribution in [0.25, 0.3) is 5.65 Å². The van der Waals surface area contributed by atoms with Crippen LogP contribution in [-0.4, -0.2) is 37.5 Å². The van der Waals surface area contributed by atoms with Gasteiger partial charge in [-0.1, -0.05) is 0 Å². The second-order valence-electron chi connectivity index (χ2n) is 4.48. The molecule has 1 fully saturated rings. The molecule has 2 N–H and O–H groups in total. The first-order valence-electron chi connectivity index (χ1n) is 5.97.